The summed E-state index contributed by atoms with van der Waals surface area (Å²) in [5.74, 6) is 0.750. The topological polar surface area (TPSA) is 89.9 Å². The van der Waals surface area contributed by atoms with Crippen molar-refractivity contribution in [3.8, 4) is 5.75 Å². The Bertz CT molecular complexity index is 1550. The number of likely N-dealkylation sites (tertiary alicyclic amines) is 1. The number of methoxy groups -OCH3 is 1. The monoisotopic (exact) mass is 746 g/mol. The van der Waals surface area contributed by atoms with Crippen LogP contribution in [0.1, 0.15) is 76.1 Å². The van der Waals surface area contributed by atoms with Gasteiger partial charge >= 0.3 is 6.09 Å². The molecule has 2 aliphatic heterocycles. The van der Waals surface area contributed by atoms with Crippen molar-refractivity contribution in [2.24, 2.45) is 0 Å². The summed E-state index contributed by atoms with van der Waals surface area (Å²) in [6.07, 6.45) is 0.485. The van der Waals surface area contributed by atoms with Crippen LogP contribution in [0.25, 0.3) is 0 Å². The SMILES string of the molecule is COCCCN1CCOc2ccc(CO[C@H]3CN(C(=O)OCc4ccccc4)C[C@@H](O[Si](C(C)C)(C(C)C)C(C)C)[C@@H]3c3ccc(CCO)cc3)cc21. The number of rotatable bonds is 17. The largest absolute Gasteiger partial charge is 0.490 e. The molecule has 10 heteroatoms. The maximum absolute atomic E-state index is 13.9. The lowest BCUT2D eigenvalue weighted by atomic mass is 9.84. The van der Waals surface area contributed by atoms with Gasteiger partial charge in [0.2, 0.25) is 8.32 Å². The molecule has 1 fully saturated rings. The molecule has 1 amide bonds. The van der Waals surface area contributed by atoms with E-state index in [9.17, 15) is 9.90 Å². The van der Waals surface area contributed by atoms with Crippen LogP contribution in [0.3, 0.4) is 0 Å². The normalized spacial score (nSPS) is 19.1. The standard InChI is InChI=1S/C43H62N2O7Si/c1-31(2)53(32(3)4,33(5)6)52-41-28-45(43(47)51-29-35-12-9-8-10-13-35)27-40(42(41)37-17-14-34(15-18-37)20-23-46)50-30-36-16-19-39-38(26-36)44(22-25-49-39)21-11-24-48-7/h8-10,12-19,26,31-33,40-42,46H,11,20-25,27-30H2,1-7H3/t40-,41+,42+/m0/s1. The Kier molecular flexibility index (Phi) is 14.8. The van der Waals surface area contributed by atoms with Crippen molar-refractivity contribution in [1.82, 2.24) is 4.90 Å². The molecule has 1 saturated heterocycles. The minimum atomic E-state index is -2.40. The van der Waals surface area contributed by atoms with Gasteiger partial charge < -0.3 is 38.3 Å². The summed E-state index contributed by atoms with van der Waals surface area (Å²) in [4.78, 5) is 18.1. The van der Waals surface area contributed by atoms with E-state index in [4.69, 9.17) is 23.4 Å². The van der Waals surface area contributed by atoms with Gasteiger partial charge in [0.05, 0.1) is 37.6 Å². The molecule has 290 valence electrons. The van der Waals surface area contributed by atoms with Crippen molar-refractivity contribution in [2.45, 2.75) is 102 Å². The molecule has 3 aromatic rings. The Morgan fingerprint density at radius 1 is 0.868 bits per heavy atom. The molecule has 2 aliphatic rings. The molecule has 5 rings (SSSR count). The van der Waals surface area contributed by atoms with Gasteiger partial charge in [-0.2, -0.15) is 0 Å². The molecule has 9 nitrogen and oxygen atoms in total. The lowest BCUT2D eigenvalue weighted by molar-refractivity contribution is -0.0663. The van der Waals surface area contributed by atoms with Gasteiger partial charge in [-0.1, -0.05) is 102 Å². The Labute approximate surface area is 318 Å². The summed E-state index contributed by atoms with van der Waals surface area (Å²) in [5.41, 5.74) is 6.33. The van der Waals surface area contributed by atoms with Gasteiger partial charge in [0.25, 0.3) is 0 Å². The molecule has 0 bridgehead atoms. The number of carbonyl (C=O) groups is 1. The number of aliphatic hydroxyl groups is 1. The van der Waals surface area contributed by atoms with E-state index in [1.165, 1.54) is 0 Å². The molecule has 1 N–H and O–H groups in total. The van der Waals surface area contributed by atoms with E-state index in [1.807, 2.05) is 36.4 Å². The Morgan fingerprint density at radius 2 is 1.55 bits per heavy atom. The highest BCUT2D eigenvalue weighted by atomic mass is 28.4. The van der Waals surface area contributed by atoms with Crippen molar-refractivity contribution in [1.29, 1.82) is 0 Å². The number of carbonyl (C=O) groups excluding carboxylic acids is 1. The molecule has 0 saturated carbocycles. The van der Waals surface area contributed by atoms with E-state index in [0.29, 0.717) is 56.0 Å². The quantitative estimate of drug-likeness (QED) is 0.109. The number of hydrogen-bond donors (Lipinski definition) is 1. The molecule has 0 spiro atoms. The van der Waals surface area contributed by atoms with Crippen molar-refractivity contribution < 1.29 is 33.3 Å². The van der Waals surface area contributed by atoms with Crippen LogP contribution in [-0.2, 0) is 38.3 Å². The molecular weight excluding hydrogens is 685 g/mol. The van der Waals surface area contributed by atoms with Gasteiger partial charge in [0.15, 0.2) is 0 Å². The van der Waals surface area contributed by atoms with Gasteiger partial charge in [-0.05, 0) is 63.9 Å². The third-order valence-corrected chi connectivity index (χ3v) is 17.2. The average molecular weight is 747 g/mol. The Balaban J connectivity index is 1.49. The van der Waals surface area contributed by atoms with Crippen LogP contribution in [0, 0.1) is 0 Å². The first-order valence-corrected chi connectivity index (χ1v) is 21.7. The van der Waals surface area contributed by atoms with Gasteiger partial charge in [0, 0.05) is 39.3 Å². The van der Waals surface area contributed by atoms with Gasteiger partial charge in [-0.3, -0.25) is 0 Å². The van der Waals surface area contributed by atoms with E-state index in [-0.39, 0.29) is 37.4 Å². The lowest BCUT2D eigenvalue weighted by Crippen LogP contribution is -2.59. The third kappa shape index (κ3) is 10.0. The number of benzene rings is 3. The second-order valence-electron chi connectivity index (χ2n) is 15.5. The van der Waals surface area contributed by atoms with Crippen molar-refractivity contribution in [3.05, 3.63) is 95.1 Å². The maximum atomic E-state index is 13.9. The fourth-order valence-electron chi connectivity index (χ4n) is 8.58. The molecule has 0 unspecified atom stereocenters. The van der Waals surface area contributed by atoms with E-state index in [2.05, 4.69) is 82.8 Å². The second-order valence-corrected chi connectivity index (χ2v) is 20.9. The number of aliphatic hydroxyl groups excluding tert-OH is 1. The summed E-state index contributed by atoms with van der Waals surface area (Å²) in [6.45, 7) is 18.3. The zero-order valence-electron chi connectivity index (χ0n) is 33.0. The predicted octanol–water partition coefficient (Wildman–Crippen LogP) is 8.34. The summed E-state index contributed by atoms with van der Waals surface area (Å²) >= 11 is 0. The molecular formula is C43H62N2O7Si. The van der Waals surface area contributed by atoms with Gasteiger partial charge in [-0.25, -0.2) is 4.79 Å². The highest BCUT2D eigenvalue weighted by molar-refractivity contribution is 6.77. The number of nitrogens with zero attached hydrogens (tertiary/aromatic N) is 2. The molecule has 53 heavy (non-hydrogen) atoms. The number of fused-ring (bicyclic) bond motifs is 1. The summed E-state index contributed by atoms with van der Waals surface area (Å²) in [6, 6.07) is 24.6. The second kappa shape index (κ2) is 19.3. The third-order valence-electron chi connectivity index (χ3n) is 11.1. The van der Waals surface area contributed by atoms with E-state index in [1.54, 1.807) is 12.0 Å². The van der Waals surface area contributed by atoms with E-state index in [0.717, 1.165) is 53.2 Å². The highest BCUT2D eigenvalue weighted by Gasteiger charge is 2.51. The number of amides is 1. The van der Waals surface area contributed by atoms with Gasteiger partial charge in [-0.15, -0.1) is 0 Å². The Hall–Kier alpha value is -3.41. The van der Waals surface area contributed by atoms with Crippen molar-refractivity contribution >= 4 is 20.1 Å². The molecule has 3 atom stereocenters. The average Bonchev–Trinajstić information content (AvgIpc) is 3.15. The summed E-state index contributed by atoms with van der Waals surface area (Å²) in [7, 11) is -0.662. The van der Waals surface area contributed by atoms with Crippen LogP contribution in [0.4, 0.5) is 10.5 Å². The predicted molar refractivity (Wildman–Crippen MR) is 213 cm³/mol. The summed E-state index contributed by atoms with van der Waals surface area (Å²) < 4.78 is 31.9. The van der Waals surface area contributed by atoms with Crippen LogP contribution in [-0.4, -0.2) is 89.7 Å². The molecule has 2 heterocycles. The zero-order chi connectivity index (χ0) is 38.0. The fraction of sp³-hybridized carbons (Fsp3) is 0.558. The van der Waals surface area contributed by atoms with E-state index >= 15 is 0 Å². The number of hydrogen-bond acceptors (Lipinski definition) is 8. The molecule has 0 aliphatic carbocycles. The zero-order valence-corrected chi connectivity index (χ0v) is 34.0. The fourth-order valence-corrected chi connectivity index (χ4v) is 14.1. The first-order chi connectivity index (χ1) is 25.6. The highest BCUT2D eigenvalue weighted by Crippen LogP contribution is 2.46. The Morgan fingerprint density at radius 3 is 2.21 bits per heavy atom. The summed E-state index contributed by atoms with van der Waals surface area (Å²) in [5, 5.41) is 9.62. The van der Waals surface area contributed by atoms with Crippen molar-refractivity contribution in [2.75, 3.05) is 58.0 Å². The van der Waals surface area contributed by atoms with Gasteiger partial charge in [0.1, 0.15) is 19.0 Å². The van der Waals surface area contributed by atoms with E-state index < -0.39 is 8.32 Å². The first-order valence-electron chi connectivity index (χ1n) is 19.5. The number of piperidine rings is 1. The van der Waals surface area contributed by atoms with Crippen LogP contribution in [0.15, 0.2) is 72.8 Å². The lowest BCUT2D eigenvalue weighted by Gasteiger charge is -2.50. The van der Waals surface area contributed by atoms with Crippen molar-refractivity contribution in [3.63, 3.8) is 0 Å². The van der Waals surface area contributed by atoms with Crippen LogP contribution >= 0.6 is 0 Å². The molecule has 0 aromatic heterocycles. The molecule has 0 radical (unpaired) electrons. The minimum absolute atomic E-state index is 0.0984. The smallest absolute Gasteiger partial charge is 0.410 e. The first kappa shape index (κ1) is 40.8. The van der Waals surface area contributed by atoms with Crippen LogP contribution < -0.4 is 9.64 Å². The van der Waals surface area contributed by atoms with Crippen LogP contribution in [0.5, 0.6) is 5.75 Å². The number of anilines is 1. The number of ether oxygens (including phenoxy) is 4. The minimum Gasteiger partial charge on any atom is -0.490 e. The maximum Gasteiger partial charge on any atom is 0.410 e. The van der Waals surface area contributed by atoms with Crippen LogP contribution in [0.2, 0.25) is 16.6 Å². The molecule has 3 aromatic carbocycles.